The van der Waals surface area contributed by atoms with Gasteiger partial charge in [0, 0.05) is 20.1 Å². The lowest BCUT2D eigenvalue weighted by atomic mass is 10.2. The molecule has 0 amide bonds. The van der Waals surface area contributed by atoms with Crippen molar-refractivity contribution in [2.75, 3.05) is 37.7 Å². The number of H-pyrrole nitrogens is 1. The molecule has 2 heterocycles. The summed E-state index contributed by atoms with van der Waals surface area (Å²) in [5, 5.41) is 6.13. The maximum Gasteiger partial charge on any atom is 0.351 e. The molecule has 0 aliphatic heterocycles. The van der Waals surface area contributed by atoms with Crippen molar-refractivity contribution >= 4 is 22.8 Å². The first kappa shape index (κ1) is 17.9. The van der Waals surface area contributed by atoms with E-state index in [2.05, 4.69) is 25.6 Å². The Morgan fingerprint density at radius 3 is 2.67 bits per heavy atom. The standard InChI is InChI=1S/C14H24N8O2/c1-17-13-20-11-9(12(23)21-13)10(16)19-14(24)22(11)8-7-18-6-4-2-3-5-15/h18H,2-8,15H2,1H3,(H2,16,19,24)(H2,17,20,21,23). The molecule has 0 aliphatic rings. The third-order valence-electron chi connectivity index (χ3n) is 3.67. The average molecular weight is 336 g/mol. The van der Waals surface area contributed by atoms with E-state index in [4.69, 9.17) is 11.5 Å². The van der Waals surface area contributed by atoms with E-state index in [9.17, 15) is 9.59 Å². The topological polar surface area (TPSA) is 157 Å². The van der Waals surface area contributed by atoms with Gasteiger partial charge in [-0.25, -0.2) is 4.79 Å². The number of fused-ring (bicyclic) bond motifs is 1. The molecule has 10 heteroatoms. The molecule has 0 saturated carbocycles. The van der Waals surface area contributed by atoms with Crippen LogP contribution in [0.25, 0.3) is 11.0 Å². The number of anilines is 2. The van der Waals surface area contributed by atoms with Crippen LogP contribution in [0.15, 0.2) is 9.59 Å². The maximum atomic E-state index is 12.1. The molecule has 0 aromatic carbocycles. The predicted molar refractivity (Wildman–Crippen MR) is 94.2 cm³/mol. The zero-order valence-electron chi connectivity index (χ0n) is 13.8. The number of aromatic nitrogens is 4. The van der Waals surface area contributed by atoms with Gasteiger partial charge in [0.05, 0.1) is 0 Å². The lowest BCUT2D eigenvalue weighted by molar-refractivity contribution is 0.559. The number of hydrogen-bond acceptors (Lipinski definition) is 8. The summed E-state index contributed by atoms with van der Waals surface area (Å²) in [6.07, 6.45) is 3.10. The highest BCUT2D eigenvalue weighted by Crippen LogP contribution is 2.11. The normalized spacial score (nSPS) is 11.1. The predicted octanol–water partition coefficient (Wildman–Crippen LogP) is -1.18. The molecule has 0 aliphatic carbocycles. The molecule has 0 spiro atoms. The number of nitrogens with one attached hydrogen (secondary N) is 3. The smallest absolute Gasteiger partial charge is 0.351 e. The number of nitrogens with zero attached hydrogens (tertiary/aromatic N) is 3. The van der Waals surface area contributed by atoms with Gasteiger partial charge in [-0.15, -0.1) is 0 Å². The Morgan fingerprint density at radius 1 is 1.17 bits per heavy atom. The summed E-state index contributed by atoms with van der Waals surface area (Å²) in [7, 11) is 1.62. The molecule has 0 atom stereocenters. The Hall–Kier alpha value is -2.46. The van der Waals surface area contributed by atoms with Crippen LogP contribution in [-0.2, 0) is 6.54 Å². The molecule has 0 radical (unpaired) electrons. The Labute approximate surface area is 138 Å². The quantitative estimate of drug-likeness (QED) is 0.358. The second kappa shape index (κ2) is 8.41. The van der Waals surface area contributed by atoms with E-state index >= 15 is 0 Å². The Morgan fingerprint density at radius 2 is 1.96 bits per heavy atom. The lowest BCUT2D eigenvalue weighted by Crippen LogP contribution is -2.32. The number of unbranched alkanes of at least 4 members (excludes halogenated alkanes) is 2. The fourth-order valence-electron chi connectivity index (χ4n) is 2.40. The minimum Gasteiger partial charge on any atom is -0.383 e. The molecule has 132 valence electrons. The fourth-order valence-corrected chi connectivity index (χ4v) is 2.40. The number of hydrogen-bond donors (Lipinski definition) is 5. The second-order valence-electron chi connectivity index (χ2n) is 5.39. The van der Waals surface area contributed by atoms with Gasteiger partial charge >= 0.3 is 5.69 Å². The van der Waals surface area contributed by atoms with Crippen molar-refractivity contribution in [2.45, 2.75) is 25.8 Å². The highest BCUT2D eigenvalue weighted by Gasteiger charge is 2.14. The van der Waals surface area contributed by atoms with Crippen LogP contribution in [0.3, 0.4) is 0 Å². The molecule has 24 heavy (non-hydrogen) atoms. The summed E-state index contributed by atoms with van der Waals surface area (Å²) in [5.74, 6) is 0.151. The summed E-state index contributed by atoms with van der Waals surface area (Å²) in [4.78, 5) is 34.8. The summed E-state index contributed by atoms with van der Waals surface area (Å²) in [6, 6.07) is 0. The Kier molecular flexibility index (Phi) is 6.27. The average Bonchev–Trinajstić information content (AvgIpc) is 2.55. The van der Waals surface area contributed by atoms with Gasteiger partial charge in [0.25, 0.3) is 5.56 Å². The molecule has 2 aromatic rings. The van der Waals surface area contributed by atoms with Crippen molar-refractivity contribution < 1.29 is 0 Å². The summed E-state index contributed by atoms with van der Waals surface area (Å²) in [6.45, 7) is 2.45. The molecular weight excluding hydrogens is 312 g/mol. The van der Waals surface area contributed by atoms with Crippen LogP contribution in [-0.4, -0.2) is 46.2 Å². The van der Waals surface area contributed by atoms with Crippen LogP contribution in [0.2, 0.25) is 0 Å². The monoisotopic (exact) mass is 336 g/mol. The zero-order chi connectivity index (χ0) is 17.5. The van der Waals surface area contributed by atoms with E-state index in [1.807, 2.05) is 0 Å². The van der Waals surface area contributed by atoms with Gasteiger partial charge in [-0.1, -0.05) is 6.42 Å². The van der Waals surface area contributed by atoms with Crippen molar-refractivity contribution in [1.29, 1.82) is 0 Å². The van der Waals surface area contributed by atoms with Crippen molar-refractivity contribution in [3.05, 3.63) is 20.8 Å². The fraction of sp³-hybridized carbons (Fsp3) is 0.571. The molecule has 0 bridgehead atoms. The van der Waals surface area contributed by atoms with Gasteiger partial charge in [-0.3, -0.25) is 14.3 Å². The minimum absolute atomic E-state index is 0.114. The van der Waals surface area contributed by atoms with Gasteiger partial charge in [0.1, 0.15) is 11.2 Å². The van der Waals surface area contributed by atoms with Gasteiger partial charge in [-0.05, 0) is 25.9 Å². The van der Waals surface area contributed by atoms with Crippen LogP contribution >= 0.6 is 0 Å². The van der Waals surface area contributed by atoms with Crippen molar-refractivity contribution in [3.8, 4) is 0 Å². The van der Waals surface area contributed by atoms with Gasteiger partial charge < -0.3 is 22.1 Å². The number of nitrogen functional groups attached to an aromatic ring is 1. The highest BCUT2D eigenvalue weighted by molar-refractivity contribution is 5.85. The van der Waals surface area contributed by atoms with Crippen LogP contribution in [0.5, 0.6) is 0 Å². The van der Waals surface area contributed by atoms with E-state index in [1.165, 1.54) is 4.57 Å². The van der Waals surface area contributed by atoms with Crippen molar-refractivity contribution in [2.24, 2.45) is 5.73 Å². The van der Waals surface area contributed by atoms with Gasteiger partial charge in [-0.2, -0.15) is 9.97 Å². The van der Waals surface area contributed by atoms with E-state index in [-0.39, 0.29) is 22.8 Å². The van der Waals surface area contributed by atoms with E-state index in [0.29, 0.717) is 19.6 Å². The molecule has 0 unspecified atom stereocenters. The van der Waals surface area contributed by atoms with E-state index in [1.54, 1.807) is 7.05 Å². The first-order valence-corrected chi connectivity index (χ1v) is 7.97. The third-order valence-corrected chi connectivity index (χ3v) is 3.67. The number of nitrogens with two attached hydrogens (primary N) is 2. The number of aromatic amines is 1. The van der Waals surface area contributed by atoms with Crippen LogP contribution in [0.1, 0.15) is 19.3 Å². The molecule has 2 aromatic heterocycles. The molecule has 0 saturated heterocycles. The van der Waals surface area contributed by atoms with Crippen LogP contribution in [0.4, 0.5) is 11.8 Å². The van der Waals surface area contributed by atoms with Crippen molar-refractivity contribution in [3.63, 3.8) is 0 Å². The van der Waals surface area contributed by atoms with Gasteiger partial charge in [0.2, 0.25) is 5.95 Å². The number of rotatable bonds is 9. The molecule has 2 rings (SSSR count). The molecule has 10 nitrogen and oxygen atoms in total. The van der Waals surface area contributed by atoms with Crippen LogP contribution < -0.4 is 33.3 Å². The maximum absolute atomic E-state index is 12.1. The third kappa shape index (κ3) is 4.09. The summed E-state index contributed by atoms with van der Waals surface area (Å²) < 4.78 is 1.36. The zero-order valence-corrected chi connectivity index (χ0v) is 13.8. The van der Waals surface area contributed by atoms with Crippen LogP contribution in [0, 0.1) is 0 Å². The lowest BCUT2D eigenvalue weighted by Gasteiger charge is -2.11. The second-order valence-corrected chi connectivity index (χ2v) is 5.39. The molecule has 7 N–H and O–H groups in total. The summed E-state index contributed by atoms with van der Waals surface area (Å²) >= 11 is 0. The molecule has 0 fully saturated rings. The molecular formula is C14H24N8O2. The first-order valence-electron chi connectivity index (χ1n) is 7.97. The SMILES string of the molecule is CNc1nc2c(c(N)nc(=O)n2CCNCCCCCN)c(=O)[nH]1. The Balaban J connectivity index is 2.18. The van der Waals surface area contributed by atoms with E-state index < -0.39 is 11.2 Å². The Bertz CT molecular complexity index is 798. The largest absolute Gasteiger partial charge is 0.383 e. The summed E-state index contributed by atoms with van der Waals surface area (Å²) in [5.41, 5.74) is 10.4. The van der Waals surface area contributed by atoms with Crippen molar-refractivity contribution in [1.82, 2.24) is 24.8 Å². The van der Waals surface area contributed by atoms with E-state index in [0.717, 1.165) is 25.8 Å². The highest BCUT2D eigenvalue weighted by atomic mass is 16.1. The first-order chi connectivity index (χ1) is 11.6. The van der Waals surface area contributed by atoms with Gasteiger partial charge in [0.15, 0.2) is 5.65 Å². The minimum atomic E-state index is -0.523.